The zero-order chi connectivity index (χ0) is 17.3. The van der Waals surface area contributed by atoms with Crippen molar-refractivity contribution in [2.24, 2.45) is 0 Å². The molecule has 2 aromatic rings. The number of hydrogen-bond acceptors (Lipinski definition) is 4. The molecule has 1 saturated heterocycles. The number of halogens is 1. The summed E-state index contributed by atoms with van der Waals surface area (Å²) in [6, 6.07) is 6.97. The summed E-state index contributed by atoms with van der Waals surface area (Å²) in [5.41, 5.74) is 1.70. The second-order valence-electron chi connectivity index (χ2n) is 5.87. The van der Waals surface area contributed by atoms with Crippen LogP contribution in [0.1, 0.15) is 22.0 Å². The topological polar surface area (TPSA) is 62.3 Å². The monoisotopic (exact) mass is 363 g/mol. The fraction of sp³-hybridized carbons (Fsp3) is 0.353. The molecule has 1 aliphatic heterocycles. The molecule has 0 bridgehead atoms. The van der Waals surface area contributed by atoms with E-state index in [4.69, 9.17) is 11.6 Å². The molecule has 7 heteroatoms. The number of aromatic nitrogens is 1. The lowest BCUT2D eigenvalue weighted by atomic mass is 10.2. The molecule has 1 aliphatic rings. The molecule has 2 heterocycles. The number of amides is 2. The lowest BCUT2D eigenvalue weighted by Gasteiger charge is -2.17. The Morgan fingerprint density at radius 1 is 1.38 bits per heavy atom. The van der Waals surface area contributed by atoms with Gasteiger partial charge >= 0.3 is 0 Å². The first kappa shape index (κ1) is 16.9. The average molecular weight is 364 g/mol. The molecule has 0 aliphatic carbocycles. The smallest absolute Gasteiger partial charge is 0.229 e. The summed E-state index contributed by atoms with van der Waals surface area (Å²) in [7, 11) is 0. The summed E-state index contributed by atoms with van der Waals surface area (Å²) < 4.78 is 0. The van der Waals surface area contributed by atoms with E-state index in [0.717, 1.165) is 21.3 Å². The molecule has 1 aromatic heterocycles. The van der Waals surface area contributed by atoms with E-state index in [-0.39, 0.29) is 17.9 Å². The van der Waals surface area contributed by atoms with E-state index in [1.807, 2.05) is 26.0 Å². The minimum Gasteiger partial charge on any atom is -0.351 e. The quantitative estimate of drug-likeness (QED) is 0.908. The van der Waals surface area contributed by atoms with E-state index < -0.39 is 0 Å². The van der Waals surface area contributed by atoms with Crippen LogP contribution in [-0.2, 0) is 16.0 Å². The first-order valence-electron chi connectivity index (χ1n) is 7.70. The fourth-order valence-electron chi connectivity index (χ4n) is 2.84. The Labute approximate surface area is 149 Å². The number of benzene rings is 1. The highest BCUT2D eigenvalue weighted by Crippen LogP contribution is 2.24. The van der Waals surface area contributed by atoms with Crippen LogP contribution in [0.15, 0.2) is 24.3 Å². The molecule has 1 fully saturated rings. The molecule has 5 nitrogen and oxygen atoms in total. The van der Waals surface area contributed by atoms with E-state index in [9.17, 15) is 9.59 Å². The Hall–Kier alpha value is -1.92. The SMILES string of the molecule is Cc1nc(C)c(CC(=O)N[C@@H]2CC(=O)N(c3ccc(Cl)cc3)C2)s1. The van der Waals surface area contributed by atoms with E-state index in [2.05, 4.69) is 10.3 Å². The summed E-state index contributed by atoms with van der Waals surface area (Å²) in [5, 5.41) is 4.55. The van der Waals surface area contributed by atoms with Crippen molar-refractivity contribution in [3.05, 3.63) is 44.9 Å². The summed E-state index contributed by atoms with van der Waals surface area (Å²) in [6.45, 7) is 4.32. The van der Waals surface area contributed by atoms with Crippen LogP contribution in [-0.4, -0.2) is 29.4 Å². The number of aryl methyl sites for hydroxylation is 2. The molecule has 1 aromatic carbocycles. The van der Waals surface area contributed by atoms with Crippen LogP contribution in [0.2, 0.25) is 5.02 Å². The van der Waals surface area contributed by atoms with E-state index in [1.54, 1.807) is 17.0 Å². The number of rotatable bonds is 4. The van der Waals surface area contributed by atoms with Crippen LogP contribution in [0.3, 0.4) is 0 Å². The summed E-state index contributed by atoms with van der Waals surface area (Å²) in [6.07, 6.45) is 0.623. The van der Waals surface area contributed by atoms with Crippen LogP contribution in [0.25, 0.3) is 0 Å². The second-order valence-corrected chi connectivity index (χ2v) is 7.59. The molecular weight excluding hydrogens is 346 g/mol. The maximum Gasteiger partial charge on any atom is 0.229 e. The third-order valence-corrected chi connectivity index (χ3v) is 5.27. The van der Waals surface area contributed by atoms with Gasteiger partial charge in [0.2, 0.25) is 11.8 Å². The fourth-order valence-corrected chi connectivity index (χ4v) is 3.90. The molecule has 24 heavy (non-hydrogen) atoms. The van der Waals surface area contributed by atoms with Crippen molar-refractivity contribution >= 4 is 40.4 Å². The molecule has 1 atom stereocenters. The van der Waals surface area contributed by atoms with Crippen LogP contribution in [0.4, 0.5) is 5.69 Å². The summed E-state index contributed by atoms with van der Waals surface area (Å²) in [5.74, 6) is -0.0649. The number of anilines is 1. The number of hydrogen-bond donors (Lipinski definition) is 1. The molecule has 126 valence electrons. The lowest BCUT2D eigenvalue weighted by molar-refractivity contribution is -0.121. The van der Waals surface area contributed by atoms with Crippen molar-refractivity contribution in [2.75, 3.05) is 11.4 Å². The van der Waals surface area contributed by atoms with Crippen molar-refractivity contribution in [1.82, 2.24) is 10.3 Å². The maximum absolute atomic E-state index is 12.2. The summed E-state index contributed by atoms with van der Waals surface area (Å²) >= 11 is 7.42. The Kier molecular flexibility index (Phi) is 4.87. The first-order valence-corrected chi connectivity index (χ1v) is 8.90. The maximum atomic E-state index is 12.2. The molecule has 0 unspecified atom stereocenters. The predicted octanol–water partition coefficient (Wildman–Crippen LogP) is 2.88. The minimum atomic E-state index is -0.171. The van der Waals surface area contributed by atoms with Gasteiger partial charge in [-0.3, -0.25) is 9.59 Å². The number of carbonyl (C=O) groups excluding carboxylic acids is 2. The van der Waals surface area contributed by atoms with Crippen molar-refractivity contribution in [2.45, 2.75) is 32.7 Å². The number of thiazole rings is 1. The first-order chi connectivity index (χ1) is 11.4. The lowest BCUT2D eigenvalue weighted by Crippen LogP contribution is -2.38. The van der Waals surface area contributed by atoms with Gasteiger partial charge in [0.05, 0.1) is 23.2 Å². The third-order valence-electron chi connectivity index (χ3n) is 3.95. The highest BCUT2D eigenvalue weighted by Gasteiger charge is 2.31. The van der Waals surface area contributed by atoms with Crippen molar-refractivity contribution in [3.63, 3.8) is 0 Å². The van der Waals surface area contributed by atoms with Gasteiger partial charge in [-0.2, -0.15) is 0 Å². The Morgan fingerprint density at radius 3 is 2.71 bits per heavy atom. The second kappa shape index (κ2) is 6.91. The van der Waals surface area contributed by atoms with Gasteiger partial charge in [0, 0.05) is 28.6 Å². The van der Waals surface area contributed by atoms with E-state index >= 15 is 0 Å². The van der Waals surface area contributed by atoms with Gasteiger partial charge in [-0.1, -0.05) is 11.6 Å². The van der Waals surface area contributed by atoms with Crippen molar-refractivity contribution in [3.8, 4) is 0 Å². The molecule has 2 amide bonds. The summed E-state index contributed by atoms with van der Waals surface area (Å²) in [4.78, 5) is 31.4. The average Bonchev–Trinajstić information content (AvgIpc) is 3.02. The van der Waals surface area contributed by atoms with Crippen molar-refractivity contribution in [1.29, 1.82) is 0 Å². The van der Waals surface area contributed by atoms with Crippen LogP contribution in [0, 0.1) is 13.8 Å². The van der Waals surface area contributed by atoms with Crippen molar-refractivity contribution < 1.29 is 9.59 Å². The molecule has 1 N–H and O–H groups in total. The normalized spacial score (nSPS) is 17.4. The van der Waals surface area contributed by atoms with E-state index in [0.29, 0.717) is 24.4 Å². The third kappa shape index (κ3) is 3.76. The molecular formula is C17H18ClN3O2S. The Bertz CT molecular complexity index is 773. The minimum absolute atomic E-state index is 0.00689. The molecule has 0 saturated carbocycles. The van der Waals surface area contributed by atoms with Gasteiger partial charge in [0.1, 0.15) is 0 Å². The number of nitrogens with one attached hydrogen (secondary N) is 1. The Balaban J connectivity index is 1.60. The van der Waals surface area contributed by atoms with Crippen LogP contribution >= 0.6 is 22.9 Å². The largest absolute Gasteiger partial charge is 0.351 e. The zero-order valence-corrected chi connectivity index (χ0v) is 15.1. The van der Waals surface area contributed by atoms with E-state index in [1.165, 1.54) is 11.3 Å². The standard InChI is InChI=1S/C17H18ClN3O2S/c1-10-15(24-11(2)19-10)8-16(22)20-13-7-17(23)21(9-13)14-5-3-12(18)4-6-14/h3-6,13H,7-9H2,1-2H3,(H,20,22)/t13-/m1/s1. The molecule has 3 rings (SSSR count). The number of nitrogens with zero attached hydrogens (tertiary/aromatic N) is 2. The highest BCUT2D eigenvalue weighted by atomic mass is 35.5. The van der Waals surface area contributed by atoms with Gasteiger partial charge in [-0.05, 0) is 38.1 Å². The zero-order valence-electron chi connectivity index (χ0n) is 13.5. The van der Waals surface area contributed by atoms with Gasteiger partial charge in [-0.25, -0.2) is 4.98 Å². The van der Waals surface area contributed by atoms with Gasteiger partial charge in [0.25, 0.3) is 0 Å². The highest BCUT2D eigenvalue weighted by molar-refractivity contribution is 7.11. The number of carbonyl (C=O) groups is 2. The van der Waals surface area contributed by atoms with Crippen LogP contribution < -0.4 is 10.2 Å². The van der Waals surface area contributed by atoms with Crippen LogP contribution in [0.5, 0.6) is 0 Å². The molecule has 0 spiro atoms. The van der Waals surface area contributed by atoms with Gasteiger partial charge < -0.3 is 10.2 Å². The van der Waals surface area contributed by atoms with Gasteiger partial charge in [0.15, 0.2) is 0 Å². The van der Waals surface area contributed by atoms with Gasteiger partial charge in [-0.15, -0.1) is 11.3 Å². The molecule has 0 radical (unpaired) electrons. The predicted molar refractivity (Wildman–Crippen MR) is 95.6 cm³/mol. The Morgan fingerprint density at radius 2 is 2.08 bits per heavy atom.